The predicted molar refractivity (Wildman–Crippen MR) is 200 cm³/mol. The molecule has 5 heterocycles. The van der Waals surface area contributed by atoms with E-state index < -0.39 is 29.2 Å². The molecule has 3 aliphatic heterocycles. The van der Waals surface area contributed by atoms with E-state index in [4.69, 9.17) is 15.3 Å². The molecule has 286 valence electrons. The number of thiazole rings is 1. The molecule has 0 unspecified atom stereocenters. The molecule has 0 spiro atoms. The molecule has 3 fully saturated rings. The van der Waals surface area contributed by atoms with E-state index in [-0.39, 0.29) is 58.0 Å². The summed E-state index contributed by atoms with van der Waals surface area (Å²) in [6, 6.07) is 9.65. The van der Waals surface area contributed by atoms with Gasteiger partial charge in [0, 0.05) is 47.6 Å². The van der Waals surface area contributed by atoms with Gasteiger partial charge in [0.05, 0.1) is 18.8 Å². The Balaban J connectivity index is 0.973. The molecule has 0 radical (unpaired) electrons. The lowest BCUT2D eigenvalue weighted by Gasteiger charge is -2.50. The van der Waals surface area contributed by atoms with Gasteiger partial charge in [-0.15, -0.1) is 23.1 Å². The standard InChI is InChI=1S/C37H38N8O8S2/c1-52-25-8-6-24(7-9-25)39-28(46)18-43-13-10-21(11-14-43)17-44-15-12-22(33(44)48)16-23-19-54-35-30(34(49)45(35)31(23)36(50)51)41-32(47)29(27-20-55-37(38)40-27)42-53-26-4-2-3-5-26/h6-11,13-14,16,20,26,30,35H,2-5,12,15,17-19H2,1H3,(H4-,38,39,40,41,46,47,50,51)/t30-,35-/m1/s1. The first-order chi connectivity index (χ1) is 26.6. The maximum Gasteiger partial charge on any atom is 0.290 e. The smallest absolute Gasteiger partial charge is 0.290 e. The fourth-order valence-corrected chi connectivity index (χ4v) is 8.65. The highest BCUT2D eigenvalue weighted by molar-refractivity contribution is 8.00. The SMILES string of the molecule is COc1ccc(NC(=O)C[n+]2ccc(CN3CCC(=CC4=C(C(=O)[O-])N5C(=O)[C@@H](NC(=O)C(=NOC6CCCC6)c6csc(N)n6)[C@H]5SC4)C3=O)cc2)cc1. The average molecular weight is 787 g/mol. The molecule has 0 bridgehead atoms. The number of carboxylic acids is 1. The van der Waals surface area contributed by atoms with Crippen LogP contribution in [0, 0.1) is 0 Å². The Kier molecular flexibility index (Phi) is 11.1. The maximum absolute atomic E-state index is 13.4. The fraction of sp³-hybridized carbons (Fsp3) is 0.351. The predicted octanol–water partition coefficient (Wildman–Crippen LogP) is 1.09. The highest BCUT2D eigenvalue weighted by Crippen LogP contribution is 2.41. The number of amides is 4. The van der Waals surface area contributed by atoms with E-state index in [0.717, 1.165) is 47.5 Å². The second kappa shape index (κ2) is 16.3. The number of nitrogen functional groups attached to an aromatic ring is 1. The molecule has 7 rings (SSSR count). The third kappa shape index (κ3) is 8.34. The van der Waals surface area contributed by atoms with Crippen LogP contribution in [-0.4, -0.2) is 87.0 Å². The molecule has 2 atom stereocenters. The number of methoxy groups -OCH3 is 1. The summed E-state index contributed by atoms with van der Waals surface area (Å²) in [4.78, 5) is 77.8. The third-order valence-corrected chi connectivity index (χ3v) is 11.6. The number of allylic oxidation sites excluding steroid dienone is 1. The van der Waals surface area contributed by atoms with Crippen molar-refractivity contribution in [3.8, 4) is 5.75 Å². The summed E-state index contributed by atoms with van der Waals surface area (Å²) in [5, 5.41) is 23.1. The highest BCUT2D eigenvalue weighted by atomic mass is 32.2. The number of anilines is 2. The minimum Gasteiger partial charge on any atom is -0.543 e. The molecule has 1 aliphatic carbocycles. The number of hydrogen-bond donors (Lipinski definition) is 3. The lowest BCUT2D eigenvalue weighted by molar-refractivity contribution is -0.684. The van der Waals surface area contributed by atoms with Crippen LogP contribution in [0.2, 0.25) is 0 Å². The average Bonchev–Trinajstić information content (AvgIpc) is 3.94. The molecule has 3 aromatic rings. The number of nitrogens with zero attached hydrogens (tertiary/aromatic N) is 5. The highest BCUT2D eigenvalue weighted by Gasteiger charge is 2.53. The summed E-state index contributed by atoms with van der Waals surface area (Å²) < 4.78 is 6.87. The van der Waals surface area contributed by atoms with Crippen LogP contribution in [-0.2, 0) is 41.9 Å². The number of rotatable bonds is 13. The first-order valence-corrected chi connectivity index (χ1v) is 19.6. The van der Waals surface area contributed by atoms with Crippen molar-refractivity contribution in [2.75, 3.05) is 30.5 Å². The van der Waals surface area contributed by atoms with Crippen LogP contribution in [0.5, 0.6) is 5.75 Å². The lowest BCUT2D eigenvalue weighted by Crippen LogP contribution is -2.71. The van der Waals surface area contributed by atoms with E-state index in [2.05, 4.69) is 20.8 Å². The number of likely N-dealkylation sites (tertiary alicyclic amines) is 1. The van der Waals surface area contributed by atoms with Crippen molar-refractivity contribution in [2.24, 2.45) is 5.16 Å². The third-order valence-electron chi connectivity index (χ3n) is 9.65. The zero-order valence-electron chi connectivity index (χ0n) is 29.8. The van der Waals surface area contributed by atoms with Crippen molar-refractivity contribution in [3.05, 3.63) is 88.3 Å². The van der Waals surface area contributed by atoms with Gasteiger partial charge in [0.1, 0.15) is 29.0 Å². The second-order valence-electron chi connectivity index (χ2n) is 13.3. The number of hydrogen-bond acceptors (Lipinski definition) is 13. The molecular formula is C37H38N8O8S2. The van der Waals surface area contributed by atoms with Crippen molar-refractivity contribution in [1.29, 1.82) is 0 Å². The molecule has 16 nitrogen and oxygen atoms in total. The van der Waals surface area contributed by atoms with Crippen molar-refractivity contribution in [2.45, 2.75) is 62.7 Å². The van der Waals surface area contributed by atoms with Crippen molar-refractivity contribution in [3.63, 3.8) is 0 Å². The molecular weight excluding hydrogens is 749 g/mol. The Morgan fingerprint density at radius 3 is 2.55 bits per heavy atom. The van der Waals surface area contributed by atoms with E-state index in [1.165, 1.54) is 17.8 Å². The Morgan fingerprint density at radius 1 is 1.13 bits per heavy atom. The molecule has 4 aliphatic rings. The van der Waals surface area contributed by atoms with E-state index in [1.807, 2.05) is 12.1 Å². The van der Waals surface area contributed by atoms with Gasteiger partial charge in [-0.1, -0.05) is 5.16 Å². The molecule has 2 aromatic heterocycles. The van der Waals surface area contributed by atoms with Crippen molar-refractivity contribution in [1.82, 2.24) is 20.1 Å². The number of carbonyl (C=O) groups is 5. The van der Waals surface area contributed by atoms with Gasteiger partial charge in [-0.25, -0.2) is 4.98 Å². The van der Waals surface area contributed by atoms with Crippen molar-refractivity contribution < 1.29 is 43.2 Å². The van der Waals surface area contributed by atoms with Gasteiger partial charge < -0.3 is 40.7 Å². The van der Waals surface area contributed by atoms with E-state index in [0.29, 0.717) is 36.5 Å². The van der Waals surface area contributed by atoms with Gasteiger partial charge in [0.25, 0.3) is 17.7 Å². The molecule has 1 aromatic carbocycles. The molecule has 4 amide bonds. The number of carbonyl (C=O) groups excluding carboxylic acids is 5. The molecule has 2 saturated heterocycles. The van der Waals surface area contributed by atoms with Crippen LogP contribution in [0.25, 0.3) is 0 Å². The summed E-state index contributed by atoms with van der Waals surface area (Å²) in [5.41, 5.74) is 7.75. The first-order valence-electron chi connectivity index (χ1n) is 17.6. The van der Waals surface area contributed by atoms with E-state index >= 15 is 0 Å². The van der Waals surface area contributed by atoms with Gasteiger partial charge in [-0.05, 0) is 73.6 Å². The zero-order valence-corrected chi connectivity index (χ0v) is 31.4. The number of fused-ring (bicyclic) bond motifs is 1. The Bertz CT molecular complexity index is 2090. The number of nitrogens with one attached hydrogen (secondary N) is 2. The molecule has 4 N–H and O–H groups in total. The van der Waals surface area contributed by atoms with Crippen LogP contribution in [0.3, 0.4) is 0 Å². The van der Waals surface area contributed by atoms with Gasteiger partial charge in [0.2, 0.25) is 12.5 Å². The van der Waals surface area contributed by atoms with Crippen molar-refractivity contribution >= 4 is 69.2 Å². The number of thioether (sulfide) groups is 1. The summed E-state index contributed by atoms with van der Waals surface area (Å²) in [6.45, 7) is 0.827. The van der Waals surface area contributed by atoms with E-state index in [1.54, 1.807) is 58.6 Å². The number of aliphatic carboxylic acids is 1. The van der Waals surface area contributed by atoms with Gasteiger partial charge >= 0.3 is 0 Å². The Morgan fingerprint density at radius 2 is 1.87 bits per heavy atom. The lowest BCUT2D eigenvalue weighted by atomic mass is 10.0. The quantitative estimate of drug-likeness (QED) is 0.0734. The summed E-state index contributed by atoms with van der Waals surface area (Å²) in [5.74, 6) is -2.48. The van der Waals surface area contributed by atoms with Gasteiger partial charge in [-0.3, -0.25) is 24.1 Å². The Hall–Kier alpha value is -5.75. The number of benzene rings is 1. The van der Waals surface area contributed by atoms with Gasteiger partial charge in [-0.2, -0.15) is 4.57 Å². The minimum atomic E-state index is -1.56. The van der Waals surface area contributed by atoms with Crippen LogP contribution >= 0.6 is 23.1 Å². The second-order valence-corrected chi connectivity index (χ2v) is 15.3. The number of nitrogens with two attached hydrogens (primary N) is 1. The first kappa shape index (κ1) is 37.6. The summed E-state index contributed by atoms with van der Waals surface area (Å²) >= 11 is 2.40. The minimum absolute atomic E-state index is 0.0933. The monoisotopic (exact) mass is 786 g/mol. The van der Waals surface area contributed by atoms with E-state index in [9.17, 15) is 29.1 Å². The Labute approximate surface area is 324 Å². The number of pyridine rings is 1. The summed E-state index contributed by atoms with van der Waals surface area (Å²) in [7, 11) is 1.57. The number of carboxylic acid groups (broad SMARTS) is 1. The normalized spacial score (nSPS) is 20.7. The zero-order chi connectivity index (χ0) is 38.6. The molecule has 55 heavy (non-hydrogen) atoms. The number of aromatic nitrogens is 2. The van der Waals surface area contributed by atoms with Crippen LogP contribution in [0.1, 0.15) is 43.4 Å². The van der Waals surface area contributed by atoms with Gasteiger partial charge in [0.15, 0.2) is 23.2 Å². The number of ether oxygens (including phenoxy) is 1. The van der Waals surface area contributed by atoms with Crippen LogP contribution in [0.4, 0.5) is 10.8 Å². The summed E-state index contributed by atoms with van der Waals surface area (Å²) in [6.07, 6.45) is 8.95. The van der Waals surface area contributed by atoms with Crippen LogP contribution in [0.15, 0.2) is 82.2 Å². The topological polar surface area (TPSA) is 213 Å². The fourth-order valence-electron chi connectivity index (χ4n) is 6.80. The van der Waals surface area contributed by atoms with Crippen LogP contribution < -0.4 is 30.8 Å². The largest absolute Gasteiger partial charge is 0.543 e. The number of oxime groups is 1. The number of β-lactam (4-membered cyclic amide) rings is 1. The molecule has 1 saturated carbocycles. The molecule has 18 heteroatoms. The maximum atomic E-state index is 13.4.